The molecule has 0 aliphatic carbocycles. The summed E-state index contributed by atoms with van der Waals surface area (Å²) in [4.78, 5) is 5.41. The topological polar surface area (TPSA) is 19.0 Å². The molecule has 0 fully saturated rings. The Morgan fingerprint density at radius 1 is 1.33 bits per heavy atom. The van der Waals surface area contributed by atoms with E-state index >= 15 is 0 Å². The minimum absolute atomic E-state index is 0.795. The SMILES string of the molecule is CN(C)CCc1c[nH]c2c(Cl)cccc12. The van der Waals surface area contributed by atoms with Gasteiger partial charge in [0.15, 0.2) is 0 Å². The van der Waals surface area contributed by atoms with Crippen LogP contribution in [0.5, 0.6) is 0 Å². The first-order valence-electron chi connectivity index (χ1n) is 5.07. The Balaban J connectivity index is 2.33. The van der Waals surface area contributed by atoms with Crippen LogP contribution in [0.4, 0.5) is 0 Å². The third-order valence-electron chi connectivity index (χ3n) is 2.58. The van der Waals surface area contributed by atoms with Crippen LogP contribution in [0, 0.1) is 0 Å². The maximum Gasteiger partial charge on any atom is 0.0647 e. The molecule has 0 saturated carbocycles. The van der Waals surface area contributed by atoms with Crippen LogP contribution in [0.1, 0.15) is 5.56 Å². The van der Waals surface area contributed by atoms with Crippen molar-refractivity contribution >= 4 is 22.5 Å². The van der Waals surface area contributed by atoms with Crippen LogP contribution in [-0.4, -0.2) is 30.5 Å². The fourth-order valence-electron chi connectivity index (χ4n) is 1.73. The van der Waals surface area contributed by atoms with E-state index in [0.29, 0.717) is 0 Å². The Hall–Kier alpha value is -0.990. The van der Waals surface area contributed by atoms with E-state index in [1.807, 2.05) is 12.1 Å². The third-order valence-corrected chi connectivity index (χ3v) is 2.89. The predicted octanol–water partition coefficient (Wildman–Crippen LogP) is 2.93. The molecule has 1 aromatic carbocycles. The number of benzene rings is 1. The largest absolute Gasteiger partial charge is 0.360 e. The molecule has 0 atom stereocenters. The molecule has 0 unspecified atom stereocenters. The van der Waals surface area contributed by atoms with Crippen molar-refractivity contribution in [1.82, 2.24) is 9.88 Å². The number of para-hydroxylation sites is 1. The molecule has 0 bridgehead atoms. The number of likely N-dealkylation sites (N-methyl/N-ethyl adjacent to an activating group) is 1. The Labute approximate surface area is 94.8 Å². The van der Waals surface area contributed by atoms with Crippen LogP contribution in [0.25, 0.3) is 10.9 Å². The molecule has 0 aliphatic heterocycles. The van der Waals surface area contributed by atoms with Gasteiger partial charge in [0, 0.05) is 18.1 Å². The maximum absolute atomic E-state index is 6.09. The molecule has 80 valence electrons. The van der Waals surface area contributed by atoms with Crippen LogP contribution in [0.15, 0.2) is 24.4 Å². The zero-order chi connectivity index (χ0) is 10.8. The van der Waals surface area contributed by atoms with Crippen LogP contribution in [0.2, 0.25) is 5.02 Å². The summed E-state index contributed by atoms with van der Waals surface area (Å²) < 4.78 is 0. The van der Waals surface area contributed by atoms with Gasteiger partial charge in [-0.2, -0.15) is 0 Å². The van der Waals surface area contributed by atoms with Gasteiger partial charge in [-0.25, -0.2) is 0 Å². The van der Waals surface area contributed by atoms with Crippen molar-refractivity contribution in [3.63, 3.8) is 0 Å². The summed E-state index contributed by atoms with van der Waals surface area (Å²) in [5.74, 6) is 0. The fourth-order valence-corrected chi connectivity index (χ4v) is 1.96. The molecular formula is C12H15ClN2. The van der Waals surface area contributed by atoms with E-state index in [1.165, 1.54) is 10.9 Å². The Kier molecular flexibility index (Phi) is 2.98. The van der Waals surface area contributed by atoms with Gasteiger partial charge in [-0.1, -0.05) is 23.7 Å². The lowest BCUT2D eigenvalue weighted by Gasteiger charge is -2.08. The molecule has 0 amide bonds. The van der Waals surface area contributed by atoms with Crippen molar-refractivity contribution < 1.29 is 0 Å². The Bertz CT molecular complexity index is 460. The van der Waals surface area contributed by atoms with Crippen molar-refractivity contribution in [3.05, 3.63) is 35.0 Å². The second-order valence-electron chi connectivity index (χ2n) is 4.03. The van der Waals surface area contributed by atoms with E-state index in [1.54, 1.807) is 0 Å². The zero-order valence-corrected chi connectivity index (χ0v) is 9.80. The molecule has 2 aromatic rings. The number of aromatic nitrogens is 1. The highest BCUT2D eigenvalue weighted by Crippen LogP contribution is 2.25. The van der Waals surface area contributed by atoms with Gasteiger partial charge in [-0.05, 0) is 32.1 Å². The number of hydrogen-bond acceptors (Lipinski definition) is 1. The number of nitrogens with one attached hydrogen (secondary N) is 1. The van der Waals surface area contributed by atoms with Gasteiger partial charge in [0.2, 0.25) is 0 Å². The molecule has 0 saturated heterocycles. The molecule has 0 radical (unpaired) electrons. The average Bonchev–Trinajstić information content (AvgIpc) is 2.59. The molecule has 15 heavy (non-hydrogen) atoms. The van der Waals surface area contributed by atoms with E-state index in [9.17, 15) is 0 Å². The first-order chi connectivity index (χ1) is 7.18. The molecule has 1 heterocycles. The van der Waals surface area contributed by atoms with Crippen molar-refractivity contribution in [2.24, 2.45) is 0 Å². The van der Waals surface area contributed by atoms with E-state index in [4.69, 9.17) is 11.6 Å². The van der Waals surface area contributed by atoms with Crippen LogP contribution in [-0.2, 0) is 6.42 Å². The second kappa shape index (κ2) is 4.25. The number of fused-ring (bicyclic) bond motifs is 1. The first kappa shape index (κ1) is 10.5. The summed E-state index contributed by atoms with van der Waals surface area (Å²) in [6.45, 7) is 1.06. The van der Waals surface area contributed by atoms with E-state index in [-0.39, 0.29) is 0 Å². The summed E-state index contributed by atoms with van der Waals surface area (Å²) >= 11 is 6.09. The quantitative estimate of drug-likeness (QED) is 0.846. The molecule has 1 N–H and O–H groups in total. The molecule has 2 nitrogen and oxygen atoms in total. The Morgan fingerprint density at radius 2 is 2.13 bits per heavy atom. The standard InChI is InChI=1S/C12H15ClN2/c1-15(2)7-6-9-8-14-12-10(9)4-3-5-11(12)13/h3-5,8,14H,6-7H2,1-2H3. The minimum atomic E-state index is 0.795. The normalized spacial score (nSPS) is 11.5. The molecule has 1 aromatic heterocycles. The highest BCUT2D eigenvalue weighted by atomic mass is 35.5. The monoisotopic (exact) mass is 222 g/mol. The van der Waals surface area contributed by atoms with Crippen molar-refractivity contribution in [3.8, 4) is 0 Å². The second-order valence-corrected chi connectivity index (χ2v) is 4.44. The highest BCUT2D eigenvalue weighted by molar-refractivity contribution is 6.35. The van der Waals surface area contributed by atoms with Crippen LogP contribution in [0.3, 0.4) is 0 Å². The molecule has 0 spiro atoms. The molecule has 2 rings (SSSR count). The van der Waals surface area contributed by atoms with Crippen LogP contribution < -0.4 is 0 Å². The lowest BCUT2D eigenvalue weighted by atomic mass is 10.1. The number of H-pyrrole nitrogens is 1. The molecule has 3 heteroatoms. The number of nitrogens with zero attached hydrogens (tertiary/aromatic N) is 1. The highest BCUT2D eigenvalue weighted by Gasteiger charge is 2.05. The summed E-state index contributed by atoms with van der Waals surface area (Å²) in [5.41, 5.74) is 2.38. The van der Waals surface area contributed by atoms with Gasteiger partial charge in [-0.15, -0.1) is 0 Å². The van der Waals surface area contributed by atoms with Gasteiger partial charge in [-0.3, -0.25) is 0 Å². The van der Waals surface area contributed by atoms with Crippen molar-refractivity contribution in [1.29, 1.82) is 0 Å². The van der Waals surface area contributed by atoms with E-state index in [2.05, 4.69) is 36.2 Å². The summed E-state index contributed by atoms with van der Waals surface area (Å²) in [6, 6.07) is 6.02. The molecular weight excluding hydrogens is 208 g/mol. The lowest BCUT2D eigenvalue weighted by molar-refractivity contribution is 0.414. The van der Waals surface area contributed by atoms with Gasteiger partial charge in [0.1, 0.15) is 0 Å². The lowest BCUT2D eigenvalue weighted by Crippen LogP contribution is -2.14. The summed E-state index contributed by atoms with van der Waals surface area (Å²) in [7, 11) is 4.17. The number of aromatic amines is 1. The zero-order valence-electron chi connectivity index (χ0n) is 9.05. The summed E-state index contributed by atoms with van der Waals surface area (Å²) in [6.07, 6.45) is 3.10. The van der Waals surface area contributed by atoms with E-state index in [0.717, 1.165) is 23.5 Å². The third kappa shape index (κ3) is 2.16. The fraction of sp³-hybridized carbons (Fsp3) is 0.333. The molecule has 0 aliphatic rings. The van der Waals surface area contributed by atoms with Gasteiger partial charge >= 0.3 is 0 Å². The van der Waals surface area contributed by atoms with Gasteiger partial charge < -0.3 is 9.88 Å². The number of hydrogen-bond donors (Lipinski definition) is 1. The minimum Gasteiger partial charge on any atom is -0.360 e. The first-order valence-corrected chi connectivity index (χ1v) is 5.45. The van der Waals surface area contributed by atoms with Crippen molar-refractivity contribution in [2.45, 2.75) is 6.42 Å². The number of rotatable bonds is 3. The van der Waals surface area contributed by atoms with Crippen molar-refractivity contribution in [2.75, 3.05) is 20.6 Å². The average molecular weight is 223 g/mol. The van der Waals surface area contributed by atoms with Crippen LogP contribution >= 0.6 is 11.6 Å². The number of halogens is 1. The van der Waals surface area contributed by atoms with E-state index < -0.39 is 0 Å². The predicted molar refractivity (Wildman–Crippen MR) is 65.6 cm³/mol. The summed E-state index contributed by atoms with van der Waals surface area (Å²) in [5, 5.41) is 2.04. The van der Waals surface area contributed by atoms with Gasteiger partial charge in [0.25, 0.3) is 0 Å². The maximum atomic E-state index is 6.09. The smallest absolute Gasteiger partial charge is 0.0647 e. The Morgan fingerprint density at radius 3 is 2.87 bits per heavy atom. The van der Waals surface area contributed by atoms with Gasteiger partial charge in [0.05, 0.1) is 10.5 Å².